The Kier molecular flexibility index (Phi) is 3.40. The monoisotopic (exact) mass is 252 g/mol. The highest BCUT2D eigenvalue weighted by Crippen LogP contribution is 2.25. The second-order valence-corrected chi connectivity index (χ2v) is 4.11. The number of nitrogens with zero attached hydrogens (tertiary/aromatic N) is 2. The maximum atomic E-state index is 13.9. The van der Waals surface area contributed by atoms with E-state index in [2.05, 4.69) is 10.5 Å². The van der Waals surface area contributed by atoms with Gasteiger partial charge in [-0.25, -0.2) is 14.2 Å². The number of rotatable bonds is 3. The molecule has 0 spiro atoms. The minimum atomic E-state index is -0.899. The zero-order valence-corrected chi connectivity index (χ0v) is 10.1. The molecule has 96 valence electrons. The van der Waals surface area contributed by atoms with Crippen LogP contribution in [-0.4, -0.2) is 9.78 Å². The first-order valence-corrected chi connectivity index (χ1v) is 5.44. The molecule has 0 saturated heterocycles. The molecule has 1 aromatic heterocycles. The third kappa shape index (κ3) is 2.12. The molecule has 1 unspecified atom stereocenters. The first-order chi connectivity index (χ1) is 8.54. The first kappa shape index (κ1) is 12.7. The summed E-state index contributed by atoms with van der Waals surface area (Å²) in [6, 6.07) is 4.04. The third-order valence-corrected chi connectivity index (χ3v) is 2.81. The zero-order valence-electron chi connectivity index (χ0n) is 10.1. The number of benzene rings is 1. The van der Waals surface area contributed by atoms with Crippen molar-refractivity contribution in [2.45, 2.75) is 13.0 Å². The van der Waals surface area contributed by atoms with Gasteiger partial charge < -0.3 is 0 Å². The topological polar surface area (TPSA) is 55.9 Å². The van der Waals surface area contributed by atoms with Crippen molar-refractivity contribution < 1.29 is 8.78 Å². The van der Waals surface area contributed by atoms with Crippen LogP contribution >= 0.6 is 0 Å². The van der Waals surface area contributed by atoms with Crippen LogP contribution in [0.2, 0.25) is 0 Å². The van der Waals surface area contributed by atoms with Gasteiger partial charge in [-0.3, -0.25) is 10.5 Å². The van der Waals surface area contributed by atoms with Crippen molar-refractivity contribution in [1.82, 2.24) is 15.2 Å². The van der Waals surface area contributed by atoms with E-state index in [1.807, 2.05) is 0 Å². The molecule has 0 aliphatic rings. The number of nitrogens with one attached hydrogen (secondary N) is 1. The SMILES string of the molecule is Cc1ccc(C(NN)c2ccn(C)n2)c(F)c1F. The largest absolute Gasteiger partial charge is 0.275 e. The average molecular weight is 252 g/mol. The van der Waals surface area contributed by atoms with E-state index in [-0.39, 0.29) is 11.1 Å². The molecule has 0 amide bonds. The highest BCUT2D eigenvalue weighted by Gasteiger charge is 2.21. The zero-order chi connectivity index (χ0) is 13.3. The van der Waals surface area contributed by atoms with Crippen LogP contribution in [-0.2, 0) is 7.05 Å². The highest BCUT2D eigenvalue weighted by molar-refractivity contribution is 5.32. The number of hydrogen-bond acceptors (Lipinski definition) is 3. The number of nitrogens with two attached hydrogens (primary N) is 1. The van der Waals surface area contributed by atoms with Crippen molar-refractivity contribution in [2.24, 2.45) is 12.9 Å². The van der Waals surface area contributed by atoms with Crippen molar-refractivity contribution in [3.8, 4) is 0 Å². The van der Waals surface area contributed by atoms with E-state index >= 15 is 0 Å². The Hall–Kier alpha value is -1.79. The minimum Gasteiger partial charge on any atom is -0.275 e. The highest BCUT2D eigenvalue weighted by atomic mass is 19.2. The van der Waals surface area contributed by atoms with Crippen molar-refractivity contribution in [3.05, 3.63) is 52.9 Å². The summed E-state index contributed by atoms with van der Waals surface area (Å²) in [7, 11) is 1.74. The lowest BCUT2D eigenvalue weighted by atomic mass is 10.0. The summed E-state index contributed by atoms with van der Waals surface area (Å²) in [5.74, 6) is 3.66. The molecule has 0 radical (unpaired) electrons. The minimum absolute atomic E-state index is 0.138. The molecule has 2 rings (SSSR count). The Balaban J connectivity index is 2.49. The second kappa shape index (κ2) is 4.83. The molecule has 4 nitrogen and oxygen atoms in total. The Labute approximate surface area is 103 Å². The van der Waals surface area contributed by atoms with Crippen LogP contribution < -0.4 is 11.3 Å². The predicted octanol–water partition coefficient (Wildman–Crippen LogP) is 1.56. The van der Waals surface area contributed by atoms with Crippen molar-refractivity contribution in [1.29, 1.82) is 0 Å². The van der Waals surface area contributed by atoms with Gasteiger partial charge in [0.05, 0.1) is 11.7 Å². The summed E-state index contributed by atoms with van der Waals surface area (Å²) in [6.07, 6.45) is 1.71. The van der Waals surface area contributed by atoms with Gasteiger partial charge in [0, 0.05) is 18.8 Å². The molecule has 1 heterocycles. The molecule has 18 heavy (non-hydrogen) atoms. The van der Waals surface area contributed by atoms with Gasteiger partial charge >= 0.3 is 0 Å². The molecular formula is C12H14F2N4. The standard InChI is InChI=1S/C12H14F2N4/c1-7-3-4-8(11(14)10(7)13)12(16-15)9-5-6-18(2)17-9/h3-6,12,16H,15H2,1-2H3. The lowest BCUT2D eigenvalue weighted by Gasteiger charge is -2.15. The summed E-state index contributed by atoms with van der Waals surface area (Å²) in [4.78, 5) is 0. The normalized spacial score (nSPS) is 12.7. The molecule has 1 atom stereocenters. The van der Waals surface area contributed by atoms with Crippen LogP contribution in [0.3, 0.4) is 0 Å². The number of aromatic nitrogens is 2. The quantitative estimate of drug-likeness (QED) is 0.644. The summed E-state index contributed by atoms with van der Waals surface area (Å²) < 4.78 is 29.0. The van der Waals surface area contributed by atoms with Crippen LogP contribution in [0.5, 0.6) is 0 Å². The van der Waals surface area contributed by atoms with E-state index in [0.717, 1.165) is 0 Å². The molecule has 0 bridgehead atoms. The predicted molar refractivity (Wildman–Crippen MR) is 63.5 cm³/mol. The van der Waals surface area contributed by atoms with Crippen molar-refractivity contribution >= 4 is 0 Å². The van der Waals surface area contributed by atoms with Gasteiger partial charge in [0.2, 0.25) is 0 Å². The lowest BCUT2D eigenvalue weighted by Crippen LogP contribution is -2.30. The summed E-state index contributed by atoms with van der Waals surface area (Å²) in [5, 5.41) is 4.14. The van der Waals surface area contributed by atoms with Gasteiger partial charge in [0.15, 0.2) is 11.6 Å². The number of halogens is 2. The number of hydrogen-bond donors (Lipinski definition) is 2. The van der Waals surface area contributed by atoms with Crippen LogP contribution in [0, 0.1) is 18.6 Å². The van der Waals surface area contributed by atoms with E-state index in [0.29, 0.717) is 5.69 Å². The Bertz CT molecular complexity index is 565. The van der Waals surface area contributed by atoms with Crippen LogP contribution in [0.4, 0.5) is 8.78 Å². The average Bonchev–Trinajstić information content (AvgIpc) is 2.77. The molecular weight excluding hydrogens is 238 g/mol. The summed E-state index contributed by atoms with van der Waals surface area (Å²) in [6.45, 7) is 1.51. The molecule has 0 aliphatic carbocycles. The second-order valence-electron chi connectivity index (χ2n) is 4.11. The molecule has 3 N–H and O–H groups in total. The van der Waals surface area contributed by atoms with Gasteiger partial charge in [-0.2, -0.15) is 5.10 Å². The number of aryl methyl sites for hydroxylation is 2. The lowest BCUT2D eigenvalue weighted by molar-refractivity contribution is 0.475. The van der Waals surface area contributed by atoms with Gasteiger partial charge in [-0.1, -0.05) is 12.1 Å². The van der Waals surface area contributed by atoms with E-state index in [4.69, 9.17) is 5.84 Å². The van der Waals surface area contributed by atoms with Crippen molar-refractivity contribution in [3.63, 3.8) is 0 Å². The fourth-order valence-corrected chi connectivity index (χ4v) is 1.81. The molecule has 0 saturated carbocycles. The molecule has 2 aromatic rings. The fraction of sp³-hybridized carbons (Fsp3) is 0.250. The molecule has 6 heteroatoms. The van der Waals surface area contributed by atoms with E-state index < -0.39 is 17.7 Å². The van der Waals surface area contributed by atoms with Crippen molar-refractivity contribution in [2.75, 3.05) is 0 Å². The van der Waals surface area contributed by atoms with Gasteiger partial charge in [-0.15, -0.1) is 0 Å². The van der Waals surface area contributed by atoms with E-state index in [1.165, 1.54) is 19.1 Å². The Morgan fingerprint density at radius 3 is 2.56 bits per heavy atom. The Morgan fingerprint density at radius 1 is 1.28 bits per heavy atom. The Morgan fingerprint density at radius 2 is 2.00 bits per heavy atom. The molecule has 1 aromatic carbocycles. The smallest absolute Gasteiger partial charge is 0.164 e. The van der Waals surface area contributed by atoms with Gasteiger partial charge in [0.1, 0.15) is 0 Å². The van der Waals surface area contributed by atoms with Crippen LogP contribution in [0.15, 0.2) is 24.4 Å². The molecule has 0 aliphatic heterocycles. The fourth-order valence-electron chi connectivity index (χ4n) is 1.81. The van der Waals surface area contributed by atoms with Crippen LogP contribution in [0.1, 0.15) is 22.9 Å². The maximum absolute atomic E-state index is 13.9. The summed E-state index contributed by atoms with van der Waals surface area (Å²) >= 11 is 0. The molecule has 0 fully saturated rings. The van der Waals surface area contributed by atoms with E-state index in [1.54, 1.807) is 24.0 Å². The number of hydrazine groups is 1. The maximum Gasteiger partial charge on any atom is 0.164 e. The van der Waals surface area contributed by atoms with Gasteiger partial charge in [0.25, 0.3) is 0 Å². The third-order valence-electron chi connectivity index (χ3n) is 2.81. The van der Waals surface area contributed by atoms with E-state index in [9.17, 15) is 8.78 Å². The first-order valence-electron chi connectivity index (χ1n) is 5.44. The van der Waals surface area contributed by atoms with Crippen LogP contribution in [0.25, 0.3) is 0 Å². The summed E-state index contributed by atoms with van der Waals surface area (Å²) in [5.41, 5.74) is 3.38. The van der Waals surface area contributed by atoms with Gasteiger partial charge in [-0.05, 0) is 18.6 Å².